The third-order valence-electron chi connectivity index (χ3n) is 2.06. The van der Waals surface area contributed by atoms with Gasteiger partial charge in [0.15, 0.2) is 0 Å². The minimum atomic E-state index is -0.114. The number of ether oxygens (including phenoxy) is 1. The molecule has 1 aromatic rings. The van der Waals surface area contributed by atoms with Crippen LogP contribution in [0.25, 0.3) is 0 Å². The maximum atomic E-state index is 11.4. The third-order valence-corrected chi connectivity index (χ3v) is 2.06. The van der Waals surface area contributed by atoms with Crippen molar-refractivity contribution in [3.05, 3.63) is 23.8 Å². The number of benzene rings is 1. The van der Waals surface area contributed by atoms with Gasteiger partial charge in [0.05, 0.1) is 12.8 Å². The van der Waals surface area contributed by atoms with Gasteiger partial charge in [0.1, 0.15) is 5.75 Å². The molecule has 0 bridgehead atoms. The predicted octanol–water partition coefficient (Wildman–Crippen LogP) is 1.49. The van der Waals surface area contributed by atoms with Crippen LogP contribution >= 0.6 is 0 Å². The quantitative estimate of drug-likeness (QED) is 0.788. The zero-order valence-electron chi connectivity index (χ0n) is 9.26. The van der Waals surface area contributed by atoms with Crippen molar-refractivity contribution in [2.45, 2.75) is 6.92 Å². The van der Waals surface area contributed by atoms with Crippen LogP contribution in [0.15, 0.2) is 18.2 Å². The minimum absolute atomic E-state index is 0.114. The molecule has 0 saturated carbocycles. The fourth-order valence-electron chi connectivity index (χ4n) is 1.31. The Labute approximate surface area is 89.6 Å². The number of anilines is 1. The lowest BCUT2D eigenvalue weighted by Gasteiger charge is -2.10. The lowest BCUT2D eigenvalue weighted by Crippen LogP contribution is -2.17. The Bertz CT molecular complexity index is 350. The van der Waals surface area contributed by atoms with E-state index < -0.39 is 0 Å². The zero-order valence-corrected chi connectivity index (χ0v) is 9.26. The largest absolute Gasteiger partial charge is 0.495 e. The van der Waals surface area contributed by atoms with Gasteiger partial charge in [-0.25, -0.2) is 0 Å². The van der Waals surface area contributed by atoms with E-state index in [4.69, 9.17) is 4.74 Å². The van der Waals surface area contributed by atoms with Crippen molar-refractivity contribution in [2.24, 2.45) is 0 Å². The molecule has 4 heteroatoms. The van der Waals surface area contributed by atoms with E-state index in [9.17, 15) is 4.79 Å². The van der Waals surface area contributed by atoms with E-state index >= 15 is 0 Å². The molecular formula is C11H16N2O2. The van der Waals surface area contributed by atoms with E-state index in [0.29, 0.717) is 11.3 Å². The van der Waals surface area contributed by atoms with Gasteiger partial charge in [-0.1, -0.05) is 0 Å². The SMILES string of the molecule is CCNc1ccc(C(=O)NC)cc1OC. The Morgan fingerprint density at radius 3 is 2.73 bits per heavy atom. The smallest absolute Gasteiger partial charge is 0.251 e. The van der Waals surface area contributed by atoms with E-state index in [0.717, 1.165) is 12.2 Å². The summed E-state index contributed by atoms with van der Waals surface area (Å²) in [4.78, 5) is 11.4. The highest BCUT2D eigenvalue weighted by molar-refractivity contribution is 5.95. The Morgan fingerprint density at radius 1 is 1.47 bits per heavy atom. The highest BCUT2D eigenvalue weighted by Gasteiger charge is 2.07. The highest BCUT2D eigenvalue weighted by Crippen LogP contribution is 2.25. The number of carbonyl (C=O) groups is 1. The standard InChI is InChI=1S/C11H16N2O2/c1-4-13-9-6-5-8(11(14)12-2)7-10(9)15-3/h5-7,13H,4H2,1-3H3,(H,12,14). The van der Waals surface area contributed by atoms with E-state index in [1.165, 1.54) is 0 Å². The molecule has 0 radical (unpaired) electrons. The summed E-state index contributed by atoms with van der Waals surface area (Å²) in [7, 11) is 3.19. The molecule has 15 heavy (non-hydrogen) atoms. The normalized spacial score (nSPS) is 9.53. The van der Waals surface area contributed by atoms with Crippen LogP contribution in [0.4, 0.5) is 5.69 Å². The second-order valence-corrected chi connectivity index (χ2v) is 3.02. The van der Waals surface area contributed by atoms with Gasteiger partial charge in [0.25, 0.3) is 5.91 Å². The first-order chi connectivity index (χ1) is 7.22. The molecule has 0 atom stereocenters. The first kappa shape index (κ1) is 11.4. The summed E-state index contributed by atoms with van der Waals surface area (Å²) in [5, 5.41) is 5.72. The number of methoxy groups -OCH3 is 1. The molecule has 0 aliphatic rings. The number of nitrogens with one attached hydrogen (secondary N) is 2. The lowest BCUT2D eigenvalue weighted by molar-refractivity contribution is 0.0963. The summed E-state index contributed by atoms with van der Waals surface area (Å²) in [5.74, 6) is 0.564. The van der Waals surface area contributed by atoms with E-state index in [-0.39, 0.29) is 5.91 Å². The summed E-state index contributed by atoms with van der Waals surface area (Å²) in [6.07, 6.45) is 0. The van der Waals surface area contributed by atoms with E-state index in [1.54, 1.807) is 26.3 Å². The van der Waals surface area contributed by atoms with Gasteiger partial charge in [0, 0.05) is 19.2 Å². The Morgan fingerprint density at radius 2 is 2.20 bits per heavy atom. The van der Waals surface area contributed by atoms with Crippen molar-refractivity contribution in [2.75, 3.05) is 26.0 Å². The molecule has 2 N–H and O–H groups in total. The summed E-state index contributed by atoms with van der Waals surface area (Å²) in [5.41, 5.74) is 1.49. The minimum Gasteiger partial charge on any atom is -0.495 e. The zero-order chi connectivity index (χ0) is 11.3. The first-order valence-corrected chi connectivity index (χ1v) is 4.87. The summed E-state index contributed by atoms with van der Waals surface area (Å²) >= 11 is 0. The highest BCUT2D eigenvalue weighted by atomic mass is 16.5. The van der Waals surface area contributed by atoms with E-state index in [1.807, 2.05) is 13.0 Å². The Hall–Kier alpha value is -1.71. The molecule has 0 aliphatic carbocycles. The monoisotopic (exact) mass is 208 g/mol. The number of amides is 1. The van der Waals surface area contributed by atoms with Crippen LogP contribution in [0.2, 0.25) is 0 Å². The van der Waals surface area contributed by atoms with Gasteiger partial charge < -0.3 is 15.4 Å². The van der Waals surface area contributed by atoms with Crippen molar-refractivity contribution >= 4 is 11.6 Å². The van der Waals surface area contributed by atoms with Crippen LogP contribution in [0.5, 0.6) is 5.75 Å². The van der Waals surface area contributed by atoms with Gasteiger partial charge in [-0.3, -0.25) is 4.79 Å². The average Bonchev–Trinajstić information content (AvgIpc) is 2.29. The van der Waals surface area contributed by atoms with Crippen molar-refractivity contribution < 1.29 is 9.53 Å². The molecule has 0 aromatic heterocycles. The van der Waals surface area contributed by atoms with Crippen molar-refractivity contribution in [3.8, 4) is 5.75 Å². The molecule has 1 rings (SSSR count). The van der Waals surface area contributed by atoms with Crippen LogP contribution in [0.3, 0.4) is 0 Å². The maximum Gasteiger partial charge on any atom is 0.251 e. The van der Waals surface area contributed by atoms with Gasteiger partial charge in [-0.2, -0.15) is 0 Å². The second kappa shape index (κ2) is 5.24. The fourth-order valence-corrected chi connectivity index (χ4v) is 1.31. The number of hydrogen-bond donors (Lipinski definition) is 2. The molecule has 0 unspecified atom stereocenters. The molecule has 1 amide bonds. The van der Waals surface area contributed by atoms with Crippen molar-refractivity contribution in [3.63, 3.8) is 0 Å². The van der Waals surface area contributed by atoms with Gasteiger partial charge in [0.2, 0.25) is 0 Å². The second-order valence-electron chi connectivity index (χ2n) is 3.02. The average molecular weight is 208 g/mol. The van der Waals surface area contributed by atoms with Crippen LogP contribution in [-0.4, -0.2) is 26.6 Å². The lowest BCUT2D eigenvalue weighted by atomic mass is 10.1. The van der Waals surface area contributed by atoms with Crippen LogP contribution in [0, 0.1) is 0 Å². The van der Waals surface area contributed by atoms with Gasteiger partial charge in [-0.05, 0) is 25.1 Å². The molecule has 82 valence electrons. The number of rotatable bonds is 4. The molecule has 0 aliphatic heterocycles. The summed E-state index contributed by atoms with van der Waals surface area (Å²) in [6, 6.07) is 5.32. The van der Waals surface area contributed by atoms with Gasteiger partial charge >= 0.3 is 0 Å². The third kappa shape index (κ3) is 2.62. The molecule has 0 heterocycles. The first-order valence-electron chi connectivity index (χ1n) is 4.87. The molecule has 0 saturated heterocycles. The van der Waals surface area contributed by atoms with Crippen molar-refractivity contribution in [1.29, 1.82) is 0 Å². The molecule has 1 aromatic carbocycles. The Balaban J connectivity index is 3.01. The van der Waals surface area contributed by atoms with Crippen LogP contribution in [-0.2, 0) is 0 Å². The van der Waals surface area contributed by atoms with E-state index in [2.05, 4.69) is 10.6 Å². The molecule has 0 spiro atoms. The topological polar surface area (TPSA) is 50.4 Å². The fraction of sp³-hybridized carbons (Fsp3) is 0.364. The molecular weight excluding hydrogens is 192 g/mol. The maximum absolute atomic E-state index is 11.4. The van der Waals surface area contributed by atoms with Gasteiger partial charge in [-0.15, -0.1) is 0 Å². The molecule has 4 nitrogen and oxygen atoms in total. The summed E-state index contributed by atoms with van der Waals surface area (Å²) < 4.78 is 5.19. The van der Waals surface area contributed by atoms with Crippen molar-refractivity contribution in [1.82, 2.24) is 5.32 Å². The van der Waals surface area contributed by atoms with Crippen LogP contribution in [0.1, 0.15) is 17.3 Å². The Kier molecular flexibility index (Phi) is 3.97. The summed E-state index contributed by atoms with van der Waals surface area (Å²) in [6.45, 7) is 2.82. The molecule has 0 fully saturated rings. The number of hydrogen-bond acceptors (Lipinski definition) is 3. The number of carbonyl (C=O) groups excluding carboxylic acids is 1. The van der Waals surface area contributed by atoms with Crippen LogP contribution < -0.4 is 15.4 Å². The predicted molar refractivity (Wildman–Crippen MR) is 60.5 cm³/mol.